The Labute approximate surface area is 152 Å². The lowest BCUT2D eigenvalue weighted by Crippen LogP contribution is -2.25. The molecule has 2 aromatic rings. The molecule has 0 bridgehead atoms. The lowest BCUT2D eigenvalue weighted by atomic mass is 10.1. The molecule has 2 rings (SSSR count). The van der Waals surface area contributed by atoms with Gasteiger partial charge in [-0.25, -0.2) is 8.42 Å². The molecule has 134 valence electrons. The minimum absolute atomic E-state index is 0.0494. The van der Waals surface area contributed by atoms with E-state index in [0.29, 0.717) is 11.3 Å². The first kappa shape index (κ1) is 19.2. The molecule has 0 aliphatic carbocycles. The van der Waals surface area contributed by atoms with Crippen LogP contribution in [0.15, 0.2) is 47.4 Å². The third-order valence-corrected chi connectivity index (χ3v) is 4.76. The second-order valence-corrected chi connectivity index (χ2v) is 7.65. The first-order chi connectivity index (χ1) is 12.2. The molecule has 0 radical (unpaired) electrons. The van der Waals surface area contributed by atoms with Crippen LogP contribution in [0.25, 0.3) is 0 Å². The fourth-order valence-corrected chi connectivity index (χ4v) is 2.93. The number of anilines is 1. The highest BCUT2D eigenvalue weighted by Gasteiger charge is 2.17. The van der Waals surface area contributed by atoms with Crippen molar-refractivity contribution < 1.29 is 18.0 Å². The van der Waals surface area contributed by atoms with E-state index in [4.69, 9.17) is 6.42 Å². The molecule has 0 spiro atoms. The van der Waals surface area contributed by atoms with E-state index in [1.807, 2.05) is 0 Å². The highest BCUT2D eigenvalue weighted by Crippen LogP contribution is 2.20. The number of rotatable bonds is 5. The summed E-state index contributed by atoms with van der Waals surface area (Å²) in [5.74, 6) is 1.38. The van der Waals surface area contributed by atoms with Gasteiger partial charge in [0, 0.05) is 11.8 Å². The number of carbonyl (C=O) groups is 2. The van der Waals surface area contributed by atoms with Gasteiger partial charge >= 0.3 is 0 Å². The average Bonchev–Trinajstić information content (AvgIpc) is 2.59. The lowest BCUT2D eigenvalue weighted by molar-refractivity contribution is 0.0959. The first-order valence-corrected chi connectivity index (χ1v) is 9.56. The minimum Gasteiger partial charge on any atom is -0.341 e. The summed E-state index contributed by atoms with van der Waals surface area (Å²) in [5, 5.41) is 5.19. The van der Waals surface area contributed by atoms with Crippen LogP contribution in [0.3, 0.4) is 0 Å². The molecule has 0 aliphatic rings. The van der Waals surface area contributed by atoms with Crippen LogP contribution < -0.4 is 10.6 Å². The summed E-state index contributed by atoms with van der Waals surface area (Å²) in [6, 6.07) is 10.8. The van der Waals surface area contributed by atoms with Gasteiger partial charge in [-0.3, -0.25) is 9.59 Å². The maximum atomic E-state index is 12.6. The van der Waals surface area contributed by atoms with E-state index >= 15 is 0 Å². The van der Waals surface area contributed by atoms with Gasteiger partial charge in [-0.05, 0) is 36.8 Å². The smallest absolute Gasteiger partial charge is 0.255 e. The van der Waals surface area contributed by atoms with Gasteiger partial charge in [0.15, 0.2) is 9.84 Å². The molecular weight excluding hydrogens is 352 g/mol. The normalized spacial score (nSPS) is 10.7. The zero-order valence-electron chi connectivity index (χ0n) is 14.4. The molecule has 7 heteroatoms. The van der Waals surface area contributed by atoms with Crippen LogP contribution in [0.4, 0.5) is 5.69 Å². The number of nitrogens with one attached hydrogen (secondary N) is 2. The predicted octanol–water partition coefficient (Wildman–Crippen LogP) is 2.01. The highest BCUT2D eigenvalue weighted by molar-refractivity contribution is 7.90. The summed E-state index contributed by atoms with van der Waals surface area (Å²) in [6.45, 7) is 1.77. The number of amides is 2. The average molecular weight is 370 g/mol. The maximum absolute atomic E-state index is 12.6. The monoisotopic (exact) mass is 370 g/mol. The number of benzene rings is 2. The Balaban J connectivity index is 2.35. The van der Waals surface area contributed by atoms with Crippen molar-refractivity contribution >= 4 is 27.3 Å². The van der Waals surface area contributed by atoms with Crippen molar-refractivity contribution in [3.05, 3.63) is 59.2 Å². The van der Waals surface area contributed by atoms with Crippen LogP contribution in [0.1, 0.15) is 26.3 Å². The Morgan fingerprint density at radius 1 is 1.08 bits per heavy atom. The predicted molar refractivity (Wildman–Crippen MR) is 99.9 cm³/mol. The van der Waals surface area contributed by atoms with Gasteiger partial charge in [0.25, 0.3) is 11.8 Å². The van der Waals surface area contributed by atoms with E-state index in [9.17, 15) is 18.0 Å². The van der Waals surface area contributed by atoms with Crippen molar-refractivity contribution in [3.63, 3.8) is 0 Å². The molecule has 26 heavy (non-hydrogen) atoms. The molecule has 0 saturated carbocycles. The van der Waals surface area contributed by atoms with E-state index in [1.54, 1.807) is 37.3 Å². The Kier molecular flexibility index (Phi) is 5.80. The molecular formula is C19H18N2O4S. The Morgan fingerprint density at radius 2 is 1.77 bits per heavy atom. The number of terminal acetylenes is 1. The van der Waals surface area contributed by atoms with Gasteiger partial charge in [-0.1, -0.05) is 24.1 Å². The quantitative estimate of drug-likeness (QED) is 0.788. The summed E-state index contributed by atoms with van der Waals surface area (Å²) in [4.78, 5) is 24.8. The van der Waals surface area contributed by atoms with Crippen LogP contribution in [0.2, 0.25) is 0 Å². The van der Waals surface area contributed by atoms with E-state index < -0.39 is 21.7 Å². The number of sulfone groups is 1. The summed E-state index contributed by atoms with van der Waals surface area (Å²) in [7, 11) is -3.44. The Bertz CT molecular complexity index is 1000. The third kappa shape index (κ3) is 4.49. The molecule has 0 aliphatic heterocycles. The highest BCUT2D eigenvalue weighted by atomic mass is 32.2. The zero-order valence-corrected chi connectivity index (χ0v) is 15.2. The summed E-state index contributed by atoms with van der Waals surface area (Å²) >= 11 is 0. The van der Waals surface area contributed by atoms with Gasteiger partial charge in [0.05, 0.1) is 22.7 Å². The fourth-order valence-electron chi connectivity index (χ4n) is 2.28. The van der Waals surface area contributed by atoms with E-state index in [1.165, 1.54) is 12.1 Å². The van der Waals surface area contributed by atoms with Gasteiger partial charge in [0.1, 0.15) is 0 Å². The Morgan fingerprint density at radius 3 is 2.42 bits per heavy atom. The molecule has 2 amide bonds. The molecule has 0 atom stereocenters. The molecule has 0 saturated heterocycles. The SMILES string of the molecule is C#CCNC(=O)c1ccccc1NC(=O)c1cc(S(C)(=O)=O)ccc1C. The Hall–Kier alpha value is -3.11. The number of carbonyl (C=O) groups excluding carboxylic acids is 2. The molecule has 0 fully saturated rings. The molecule has 0 unspecified atom stereocenters. The van der Waals surface area contributed by atoms with Crippen LogP contribution >= 0.6 is 0 Å². The zero-order chi connectivity index (χ0) is 19.3. The summed E-state index contributed by atoms with van der Waals surface area (Å²) in [5.41, 5.74) is 1.39. The second-order valence-electron chi connectivity index (χ2n) is 5.64. The van der Waals surface area contributed by atoms with Gasteiger partial charge in [-0.15, -0.1) is 6.42 Å². The number of aryl methyl sites for hydroxylation is 1. The first-order valence-electron chi connectivity index (χ1n) is 7.67. The number of hydrogen-bond donors (Lipinski definition) is 2. The van der Waals surface area contributed by atoms with Crippen LogP contribution in [-0.2, 0) is 9.84 Å². The van der Waals surface area contributed by atoms with Crippen molar-refractivity contribution in [2.75, 3.05) is 18.1 Å². The van der Waals surface area contributed by atoms with Crippen molar-refractivity contribution in [1.29, 1.82) is 0 Å². The third-order valence-electron chi connectivity index (χ3n) is 3.65. The van der Waals surface area contributed by atoms with E-state index in [-0.39, 0.29) is 22.6 Å². The van der Waals surface area contributed by atoms with Crippen LogP contribution in [-0.4, -0.2) is 33.0 Å². The van der Waals surface area contributed by atoms with Crippen molar-refractivity contribution in [2.45, 2.75) is 11.8 Å². The van der Waals surface area contributed by atoms with E-state index in [0.717, 1.165) is 6.26 Å². The standard InChI is InChI=1S/C19H18N2O4S/c1-4-11-20-18(22)15-7-5-6-8-17(15)21-19(23)16-12-14(26(3,24)25)10-9-13(16)2/h1,5-10,12H,11H2,2-3H3,(H,20,22)(H,21,23). The van der Waals surface area contributed by atoms with Crippen molar-refractivity contribution in [1.82, 2.24) is 5.32 Å². The number of hydrogen-bond acceptors (Lipinski definition) is 4. The summed E-state index contributed by atoms with van der Waals surface area (Å²) in [6.07, 6.45) is 6.21. The molecule has 2 aromatic carbocycles. The largest absolute Gasteiger partial charge is 0.341 e. The number of para-hydroxylation sites is 1. The molecule has 2 N–H and O–H groups in total. The topological polar surface area (TPSA) is 92.3 Å². The van der Waals surface area contributed by atoms with Crippen LogP contribution in [0.5, 0.6) is 0 Å². The second kappa shape index (κ2) is 7.85. The van der Waals surface area contributed by atoms with Crippen molar-refractivity contribution in [3.8, 4) is 12.3 Å². The molecule has 0 aromatic heterocycles. The summed E-state index contributed by atoms with van der Waals surface area (Å²) < 4.78 is 23.4. The van der Waals surface area contributed by atoms with Gasteiger partial charge < -0.3 is 10.6 Å². The lowest BCUT2D eigenvalue weighted by Gasteiger charge is -2.12. The molecule has 6 nitrogen and oxygen atoms in total. The minimum atomic E-state index is -3.44. The van der Waals surface area contributed by atoms with Crippen molar-refractivity contribution in [2.24, 2.45) is 0 Å². The fraction of sp³-hybridized carbons (Fsp3) is 0.158. The van der Waals surface area contributed by atoms with Gasteiger partial charge in [0.2, 0.25) is 0 Å². The van der Waals surface area contributed by atoms with Gasteiger partial charge in [-0.2, -0.15) is 0 Å². The van der Waals surface area contributed by atoms with Crippen LogP contribution in [0, 0.1) is 19.3 Å². The molecule has 0 heterocycles. The van der Waals surface area contributed by atoms with E-state index in [2.05, 4.69) is 16.6 Å². The maximum Gasteiger partial charge on any atom is 0.255 e.